The quantitative estimate of drug-likeness (QED) is 0.746. The van der Waals surface area contributed by atoms with Gasteiger partial charge >= 0.3 is 0 Å². The van der Waals surface area contributed by atoms with Crippen molar-refractivity contribution in [1.29, 1.82) is 0 Å². The van der Waals surface area contributed by atoms with Gasteiger partial charge in [0, 0.05) is 23.0 Å². The molecule has 2 heterocycles. The number of hydrogen-bond donors (Lipinski definition) is 0. The fourth-order valence-corrected chi connectivity index (χ4v) is 2.80. The van der Waals surface area contributed by atoms with Crippen LogP contribution in [0, 0.1) is 6.92 Å². The van der Waals surface area contributed by atoms with Gasteiger partial charge in [0.1, 0.15) is 5.69 Å². The van der Waals surface area contributed by atoms with Crippen LogP contribution in [0.15, 0.2) is 48.5 Å². The van der Waals surface area contributed by atoms with Crippen LogP contribution in [0.1, 0.15) is 30.8 Å². The second-order valence-corrected chi connectivity index (χ2v) is 5.69. The molecule has 0 spiro atoms. The minimum atomic E-state index is 0.682. The van der Waals surface area contributed by atoms with Crippen LogP contribution in [0.4, 0.5) is 0 Å². The van der Waals surface area contributed by atoms with Gasteiger partial charge in [-0.2, -0.15) is 0 Å². The molecule has 0 aliphatic heterocycles. The number of hydrogen-bond acceptors (Lipinski definition) is 3. The Morgan fingerprint density at radius 2 is 1.62 bits per heavy atom. The second-order valence-electron chi connectivity index (χ2n) is 5.69. The molecule has 3 aromatic rings. The Morgan fingerprint density at radius 3 is 2.33 bits per heavy atom. The highest BCUT2D eigenvalue weighted by atomic mass is 14.9. The summed E-state index contributed by atoms with van der Waals surface area (Å²) in [4.78, 5) is 14.1. The third kappa shape index (κ3) is 3.40. The average molecular weight is 315 g/mol. The zero-order valence-corrected chi connectivity index (χ0v) is 14.3. The fourth-order valence-electron chi connectivity index (χ4n) is 2.80. The molecule has 0 amide bonds. The standard InChI is InChI=1S/C21H21N3/c1-4-18-15(3)22-21(24-19(18)5-2)20-13-9-12-17(23-20)14-16-10-7-6-8-11-16/h4-13H,14H2,1-3H3/b18-4-,19-5+. The number of aromatic nitrogens is 3. The maximum Gasteiger partial charge on any atom is 0.178 e. The third-order valence-electron chi connectivity index (χ3n) is 3.99. The predicted octanol–water partition coefficient (Wildman–Crippen LogP) is 3.04. The van der Waals surface area contributed by atoms with Crippen LogP contribution < -0.4 is 10.6 Å². The molecule has 0 saturated carbocycles. The summed E-state index contributed by atoms with van der Waals surface area (Å²) in [5, 5.41) is 2.04. The van der Waals surface area contributed by atoms with Crippen LogP contribution in [0.5, 0.6) is 0 Å². The molecule has 0 N–H and O–H groups in total. The molecule has 3 heteroatoms. The summed E-state index contributed by atoms with van der Waals surface area (Å²) in [6, 6.07) is 16.4. The lowest BCUT2D eigenvalue weighted by Crippen LogP contribution is -2.32. The number of rotatable bonds is 3. The van der Waals surface area contributed by atoms with Crippen molar-refractivity contribution < 1.29 is 0 Å². The van der Waals surface area contributed by atoms with Crippen molar-refractivity contribution >= 4 is 12.2 Å². The lowest BCUT2D eigenvalue weighted by molar-refractivity contribution is 1.01. The van der Waals surface area contributed by atoms with E-state index in [1.54, 1.807) is 0 Å². The Labute approximate surface area is 142 Å². The monoisotopic (exact) mass is 315 g/mol. The third-order valence-corrected chi connectivity index (χ3v) is 3.99. The molecule has 0 saturated heterocycles. The van der Waals surface area contributed by atoms with E-state index in [2.05, 4.69) is 34.2 Å². The molecule has 0 unspecified atom stereocenters. The zero-order valence-electron chi connectivity index (χ0n) is 14.3. The Morgan fingerprint density at radius 1 is 0.833 bits per heavy atom. The summed E-state index contributed by atoms with van der Waals surface area (Å²) >= 11 is 0. The van der Waals surface area contributed by atoms with Gasteiger partial charge in [0.15, 0.2) is 5.82 Å². The van der Waals surface area contributed by atoms with Crippen LogP contribution in [0.2, 0.25) is 0 Å². The molecule has 3 rings (SSSR count). The molecule has 0 fully saturated rings. The summed E-state index contributed by atoms with van der Waals surface area (Å²) in [6.07, 6.45) is 4.87. The van der Waals surface area contributed by atoms with Crippen LogP contribution in [0.25, 0.3) is 23.7 Å². The largest absolute Gasteiger partial charge is 0.249 e. The Balaban J connectivity index is 2.02. The SMILES string of the molecule is C/C=c1/c(C)nc(-c2cccc(Cc3ccccc3)n2)n/c1=C/C. The molecule has 0 radical (unpaired) electrons. The predicted molar refractivity (Wildman–Crippen MR) is 98.8 cm³/mol. The van der Waals surface area contributed by atoms with E-state index in [1.165, 1.54) is 5.56 Å². The summed E-state index contributed by atoms with van der Waals surface area (Å²) in [5.74, 6) is 0.682. The maximum absolute atomic E-state index is 4.76. The van der Waals surface area contributed by atoms with E-state index in [1.807, 2.05) is 57.2 Å². The summed E-state index contributed by atoms with van der Waals surface area (Å²) in [5.41, 5.74) is 4.06. The molecule has 120 valence electrons. The molecule has 0 atom stereocenters. The highest BCUT2D eigenvalue weighted by Crippen LogP contribution is 2.13. The lowest BCUT2D eigenvalue weighted by Gasteiger charge is -2.06. The van der Waals surface area contributed by atoms with Gasteiger partial charge in [0.25, 0.3) is 0 Å². The number of nitrogens with zero attached hydrogens (tertiary/aromatic N) is 3. The molecule has 1 aromatic carbocycles. The van der Waals surface area contributed by atoms with Gasteiger partial charge in [-0.25, -0.2) is 15.0 Å². The molecule has 0 aliphatic carbocycles. The van der Waals surface area contributed by atoms with Crippen molar-refractivity contribution in [3.63, 3.8) is 0 Å². The highest BCUT2D eigenvalue weighted by molar-refractivity contribution is 5.50. The van der Waals surface area contributed by atoms with Gasteiger partial charge in [-0.15, -0.1) is 0 Å². The maximum atomic E-state index is 4.76. The first-order valence-corrected chi connectivity index (χ1v) is 8.19. The summed E-state index contributed by atoms with van der Waals surface area (Å²) in [6.45, 7) is 6.02. The number of benzene rings is 1. The van der Waals surface area contributed by atoms with Crippen LogP contribution in [-0.4, -0.2) is 15.0 Å². The first-order chi connectivity index (χ1) is 11.7. The van der Waals surface area contributed by atoms with E-state index < -0.39 is 0 Å². The molecule has 3 nitrogen and oxygen atoms in total. The van der Waals surface area contributed by atoms with Gasteiger partial charge in [0.05, 0.1) is 5.35 Å². The average Bonchev–Trinajstić information content (AvgIpc) is 2.62. The van der Waals surface area contributed by atoms with Crippen molar-refractivity contribution in [2.75, 3.05) is 0 Å². The van der Waals surface area contributed by atoms with E-state index in [9.17, 15) is 0 Å². The lowest BCUT2D eigenvalue weighted by atomic mass is 10.1. The Kier molecular flexibility index (Phi) is 4.80. The van der Waals surface area contributed by atoms with E-state index in [0.717, 1.165) is 34.1 Å². The molecule has 24 heavy (non-hydrogen) atoms. The number of aryl methyl sites for hydroxylation is 1. The van der Waals surface area contributed by atoms with Gasteiger partial charge in [0.2, 0.25) is 0 Å². The first-order valence-electron chi connectivity index (χ1n) is 8.19. The van der Waals surface area contributed by atoms with Crippen molar-refractivity contribution in [3.8, 4) is 11.5 Å². The molecule has 2 aromatic heterocycles. The minimum absolute atomic E-state index is 0.682. The Hall–Kier alpha value is -2.81. The van der Waals surface area contributed by atoms with Crippen LogP contribution in [-0.2, 0) is 6.42 Å². The van der Waals surface area contributed by atoms with Crippen molar-refractivity contribution in [2.45, 2.75) is 27.2 Å². The van der Waals surface area contributed by atoms with Gasteiger partial charge < -0.3 is 0 Å². The normalized spacial score (nSPS) is 12.6. The van der Waals surface area contributed by atoms with E-state index in [4.69, 9.17) is 4.98 Å². The number of pyridine rings is 1. The van der Waals surface area contributed by atoms with Crippen molar-refractivity contribution in [2.24, 2.45) is 0 Å². The molecular weight excluding hydrogens is 294 g/mol. The minimum Gasteiger partial charge on any atom is -0.249 e. The molecular formula is C21H21N3. The molecule has 0 aliphatic rings. The highest BCUT2D eigenvalue weighted by Gasteiger charge is 2.07. The van der Waals surface area contributed by atoms with E-state index >= 15 is 0 Å². The smallest absolute Gasteiger partial charge is 0.178 e. The first kappa shape index (κ1) is 16.1. The van der Waals surface area contributed by atoms with Gasteiger partial charge in [-0.3, -0.25) is 0 Å². The van der Waals surface area contributed by atoms with Crippen LogP contribution in [0.3, 0.4) is 0 Å². The topological polar surface area (TPSA) is 38.7 Å². The fraction of sp³-hybridized carbons (Fsp3) is 0.190. The molecule has 0 bridgehead atoms. The van der Waals surface area contributed by atoms with Crippen LogP contribution >= 0.6 is 0 Å². The Bertz CT molecular complexity index is 960. The van der Waals surface area contributed by atoms with Crippen molar-refractivity contribution in [1.82, 2.24) is 15.0 Å². The summed E-state index contributed by atoms with van der Waals surface area (Å²) in [7, 11) is 0. The van der Waals surface area contributed by atoms with E-state index in [-0.39, 0.29) is 0 Å². The summed E-state index contributed by atoms with van der Waals surface area (Å²) < 4.78 is 0. The zero-order chi connectivity index (χ0) is 16.9. The van der Waals surface area contributed by atoms with Gasteiger partial charge in [-0.05, 0) is 38.5 Å². The van der Waals surface area contributed by atoms with Gasteiger partial charge in [-0.1, -0.05) is 48.6 Å². The second kappa shape index (κ2) is 7.18. The van der Waals surface area contributed by atoms with E-state index in [0.29, 0.717) is 5.82 Å². The van der Waals surface area contributed by atoms with Crippen molar-refractivity contribution in [3.05, 3.63) is 76.1 Å².